The number of fused-ring (bicyclic) bond motifs is 1. The number of Topliss-reactive ketones (excluding diaryl/α,β-unsaturated/α-hetero) is 1. The van der Waals surface area contributed by atoms with Crippen LogP contribution in [-0.2, 0) is 19.2 Å². The minimum Gasteiger partial charge on any atom is -0.342 e. The lowest BCUT2D eigenvalue weighted by Crippen LogP contribution is -2.43. The van der Waals surface area contributed by atoms with Crippen LogP contribution in [0.5, 0.6) is 0 Å². The van der Waals surface area contributed by atoms with Crippen molar-refractivity contribution in [3.05, 3.63) is 0 Å². The van der Waals surface area contributed by atoms with E-state index in [9.17, 15) is 19.2 Å². The number of likely N-dealkylation sites (N-methyl/N-ethyl adjacent to an activating group) is 1. The van der Waals surface area contributed by atoms with Crippen LogP contribution in [0.2, 0.25) is 0 Å². The molecule has 0 radical (unpaired) electrons. The Labute approximate surface area is 118 Å². The highest BCUT2D eigenvalue weighted by Crippen LogP contribution is 2.36. The smallest absolute Gasteiger partial charge is 0.242 e. The molecule has 0 bridgehead atoms. The van der Waals surface area contributed by atoms with E-state index in [1.807, 2.05) is 13.8 Å². The van der Waals surface area contributed by atoms with Crippen LogP contribution in [0, 0.1) is 11.8 Å². The van der Waals surface area contributed by atoms with E-state index in [-0.39, 0.29) is 36.5 Å². The van der Waals surface area contributed by atoms with E-state index in [2.05, 4.69) is 0 Å². The van der Waals surface area contributed by atoms with Gasteiger partial charge >= 0.3 is 0 Å². The van der Waals surface area contributed by atoms with Crippen LogP contribution in [-0.4, -0.2) is 52.9 Å². The topological polar surface area (TPSA) is 74.8 Å². The monoisotopic (exact) mass is 280 g/mol. The number of amides is 3. The van der Waals surface area contributed by atoms with Crippen molar-refractivity contribution in [2.75, 3.05) is 19.6 Å². The van der Waals surface area contributed by atoms with Crippen molar-refractivity contribution >= 4 is 23.5 Å². The van der Waals surface area contributed by atoms with Crippen molar-refractivity contribution < 1.29 is 19.2 Å². The standard InChI is InChI=1S/C14H20N2O4/c1-3-15(4-2)12(18)8-16-13(19)10-6-5-9(17)7-11(10)14(16)20/h10-11H,3-8H2,1-2H3. The van der Waals surface area contributed by atoms with Gasteiger partial charge in [0.2, 0.25) is 17.7 Å². The number of hydrogen-bond acceptors (Lipinski definition) is 4. The summed E-state index contributed by atoms with van der Waals surface area (Å²) in [6.45, 7) is 4.62. The third kappa shape index (κ3) is 2.46. The normalized spacial score (nSPS) is 25.9. The summed E-state index contributed by atoms with van der Waals surface area (Å²) in [4.78, 5) is 50.5. The highest BCUT2D eigenvalue weighted by Gasteiger charge is 2.50. The van der Waals surface area contributed by atoms with Gasteiger partial charge in [-0.25, -0.2) is 0 Å². The summed E-state index contributed by atoms with van der Waals surface area (Å²) in [5, 5.41) is 0. The molecule has 2 aliphatic rings. The molecule has 0 spiro atoms. The molecule has 2 rings (SSSR count). The van der Waals surface area contributed by atoms with Crippen molar-refractivity contribution in [3.63, 3.8) is 0 Å². The SMILES string of the molecule is CCN(CC)C(=O)CN1C(=O)C2CCC(=O)CC2C1=O. The summed E-state index contributed by atoms with van der Waals surface area (Å²) in [6.07, 6.45) is 0.938. The lowest BCUT2D eigenvalue weighted by molar-refractivity contribution is -0.146. The maximum Gasteiger partial charge on any atom is 0.242 e. The molecule has 0 aromatic carbocycles. The van der Waals surface area contributed by atoms with Crippen LogP contribution in [0.15, 0.2) is 0 Å². The molecule has 1 saturated carbocycles. The van der Waals surface area contributed by atoms with Gasteiger partial charge in [-0.3, -0.25) is 24.1 Å². The summed E-state index contributed by atoms with van der Waals surface area (Å²) < 4.78 is 0. The summed E-state index contributed by atoms with van der Waals surface area (Å²) in [5.41, 5.74) is 0. The molecule has 0 aromatic rings. The van der Waals surface area contributed by atoms with Gasteiger partial charge < -0.3 is 4.90 Å². The summed E-state index contributed by atoms with van der Waals surface area (Å²) in [5.74, 6) is -1.76. The zero-order valence-electron chi connectivity index (χ0n) is 11.9. The molecule has 0 N–H and O–H groups in total. The van der Waals surface area contributed by atoms with Crippen molar-refractivity contribution in [2.24, 2.45) is 11.8 Å². The van der Waals surface area contributed by atoms with Gasteiger partial charge in [-0.2, -0.15) is 0 Å². The molecular weight excluding hydrogens is 260 g/mol. The van der Waals surface area contributed by atoms with Crippen molar-refractivity contribution in [1.82, 2.24) is 9.80 Å². The summed E-state index contributed by atoms with van der Waals surface area (Å²) >= 11 is 0. The third-order valence-corrected chi connectivity index (χ3v) is 4.24. The predicted molar refractivity (Wildman–Crippen MR) is 70.5 cm³/mol. The summed E-state index contributed by atoms with van der Waals surface area (Å²) in [6, 6.07) is 0. The minimum atomic E-state index is -0.534. The molecule has 6 heteroatoms. The molecule has 1 aliphatic heterocycles. The Hall–Kier alpha value is -1.72. The number of likely N-dealkylation sites (tertiary alicyclic amines) is 1. The fourth-order valence-corrected chi connectivity index (χ4v) is 3.04. The molecule has 2 unspecified atom stereocenters. The molecule has 1 aliphatic carbocycles. The van der Waals surface area contributed by atoms with Gasteiger partial charge in [-0.1, -0.05) is 0 Å². The molecule has 20 heavy (non-hydrogen) atoms. The molecule has 110 valence electrons. The fraction of sp³-hybridized carbons (Fsp3) is 0.714. The average Bonchev–Trinajstić information content (AvgIpc) is 2.65. The van der Waals surface area contributed by atoms with E-state index >= 15 is 0 Å². The molecule has 1 heterocycles. The second-order valence-electron chi connectivity index (χ2n) is 5.32. The number of ketones is 1. The number of carbonyl (C=O) groups is 4. The Balaban J connectivity index is 2.09. The first-order valence-corrected chi connectivity index (χ1v) is 7.14. The van der Waals surface area contributed by atoms with Gasteiger partial charge in [0.25, 0.3) is 0 Å². The Bertz CT molecular complexity index is 456. The fourth-order valence-electron chi connectivity index (χ4n) is 3.04. The van der Waals surface area contributed by atoms with E-state index in [1.165, 1.54) is 0 Å². The number of hydrogen-bond donors (Lipinski definition) is 0. The first-order chi connectivity index (χ1) is 9.49. The Morgan fingerprint density at radius 3 is 2.35 bits per heavy atom. The van der Waals surface area contributed by atoms with Gasteiger partial charge in [0.05, 0.1) is 11.8 Å². The molecule has 6 nitrogen and oxygen atoms in total. The van der Waals surface area contributed by atoms with Crippen molar-refractivity contribution in [2.45, 2.75) is 33.1 Å². The van der Waals surface area contributed by atoms with Crippen LogP contribution in [0.1, 0.15) is 33.1 Å². The Kier molecular flexibility index (Phi) is 4.20. The highest BCUT2D eigenvalue weighted by atomic mass is 16.2. The number of rotatable bonds is 4. The maximum absolute atomic E-state index is 12.2. The van der Waals surface area contributed by atoms with Gasteiger partial charge in [-0.05, 0) is 20.3 Å². The van der Waals surface area contributed by atoms with Gasteiger partial charge in [0, 0.05) is 25.9 Å². The maximum atomic E-state index is 12.2. The van der Waals surface area contributed by atoms with Gasteiger partial charge in [-0.15, -0.1) is 0 Å². The molecule has 0 aromatic heterocycles. The van der Waals surface area contributed by atoms with E-state index in [0.717, 1.165) is 4.90 Å². The second-order valence-corrected chi connectivity index (χ2v) is 5.32. The van der Waals surface area contributed by atoms with E-state index < -0.39 is 11.8 Å². The lowest BCUT2D eigenvalue weighted by atomic mass is 9.80. The second kappa shape index (κ2) is 5.73. The quantitative estimate of drug-likeness (QED) is 0.690. The number of nitrogens with zero attached hydrogens (tertiary/aromatic N) is 2. The highest BCUT2D eigenvalue weighted by molar-refractivity contribution is 6.09. The van der Waals surface area contributed by atoms with E-state index in [0.29, 0.717) is 25.9 Å². The molecule has 2 atom stereocenters. The van der Waals surface area contributed by atoms with E-state index in [4.69, 9.17) is 0 Å². The summed E-state index contributed by atoms with van der Waals surface area (Å²) in [7, 11) is 0. The van der Waals surface area contributed by atoms with Crippen LogP contribution in [0.4, 0.5) is 0 Å². The van der Waals surface area contributed by atoms with Gasteiger partial charge in [0.1, 0.15) is 12.3 Å². The van der Waals surface area contributed by atoms with Crippen molar-refractivity contribution in [3.8, 4) is 0 Å². The van der Waals surface area contributed by atoms with Crippen LogP contribution >= 0.6 is 0 Å². The zero-order chi connectivity index (χ0) is 14.9. The van der Waals surface area contributed by atoms with Crippen LogP contribution in [0.25, 0.3) is 0 Å². The van der Waals surface area contributed by atoms with Crippen LogP contribution in [0.3, 0.4) is 0 Å². The molecular formula is C14H20N2O4. The third-order valence-electron chi connectivity index (χ3n) is 4.24. The minimum absolute atomic E-state index is 0.0318. The first-order valence-electron chi connectivity index (χ1n) is 7.14. The lowest BCUT2D eigenvalue weighted by Gasteiger charge is -2.22. The number of imide groups is 1. The predicted octanol–water partition coefficient (Wildman–Crippen LogP) is 0.209. The largest absolute Gasteiger partial charge is 0.342 e. The molecule has 3 amide bonds. The van der Waals surface area contributed by atoms with Gasteiger partial charge in [0.15, 0.2) is 0 Å². The Morgan fingerprint density at radius 1 is 1.15 bits per heavy atom. The average molecular weight is 280 g/mol. The van der Waals surface area contributed by atoms with Crippen LogP contribution < -0.4 is 0 Å². The Morgan fingerprint density at radius 2 is 1.75 bits per heavy atom. The number of carbonyl (C=O) groups excluding carboxylic acids is 4. The molecule has 1 saturated heterocycles. The van der Waals surface area contributed by atoms with Crippen molar-refractivity contribution in [1.29, 1.82) is 0 Å². The van der Waals surface area contributed by atoms with E-state index in [1.54, 1.807) is 4.90 Å². The molecule has 2 fully saturated rings. The zero-order valence-corrected chi connectivity index (χ0v) is 11.9. The first kappa shape index (κ1) is 14.7.